The molecule has 1 aromatic carbocycles. The Balaban J connectivity index is 2.34. The van der Waals surface area contributed by atoms with Crippen molar-refractivity contribution < 1.29 is 18.0 Å². The second-order valence-corrected chi connectivity index (χ2v) is 5.83. The van der Waals surface area contributed by atoms with Gasteiger partial charge in [0, 0.05) is 11.0 Å². The molecule has 0 N–H and O–H groups in total. The van der Waals surface area contributed by atoms with E-state index in [4.69, 9.17) is 0 Å². The molecule has 20 heavy (non-hydrogen) atoms. The first-order chi connectivity index (χ1) is 9.30. The topological polar surface area (TPSA) is 20.3 Å². The van der Waals surface area contributed by atoms with E-state index in [0.29, 0.717) is 16.7 Å². The van der Waals surface area contributed by atoms with Crippen LogP contribution in [0.1, 0.15) is 31.7 Å². The van der Waals surface area contributed by atoms with Crippen LogP contribution in [0.3, 0.4) is 0 Å². The van der Waals surface area contributed by atoms with Gasteiger partial charge in [0.1, 0.15) is 0 Å². The molecular weight excluding hydrogens is 335 g/mol. The van der Waals surface area contributed by atoms with E-state index in [0.717, 1.165) is 31.4 Å². The van der Waals surface area contributed by atoms with Crippen LogP contribution in [-0.4, -0.2) is 18.4 Å². The molecule has 110 valence electrons. The third-order valence-electron chi connectivity index (χ3n) is 3.56. The average Bonchev–Trinajstić information content (AvgIpc) is 2.37. The molecule has 1 aliphatic heterocycles. The lowest BCUT2D eigenvalue weighted by atomic mass is 9.98. The Hall–Kier alpha value is -1.04. The van der Waals surface area contributed by atoms with Gasteiger partial charge in [-0.25, -0.2) is 0 Å². The molecule has 0 aromatic heterocycles. The number of nitrogens with zero attached hydrogens (tertiary/aromatic N) is 1. The summed E-state index contributed by atoms with van der Waals surface area (Å²) in [4.78, 5) is 13.6. The van der Waals surface area contributed by atoms with Crippen LogP contribution in [0.15, 0.2) is 22.7 Å². The van der Waals surface area contributed by atoms with Crippen LogP contribution >= 0.6 is 15.9 Å². The number of rotatable bonds is 2. The highest BCUT2D eigenvalue weighted by atomic mass is 79.9. The number of carbonyl (C=O) groups is 1. The zero-order valence-corrected chi connectivity index (χ0v) is 12.6. The predicted molar refractivity (Wildman–Crippen MR) is 74.8 cm³/mol. The van der Waals surface area contributed by atoms with Crippen LogP contribution in [0.5, 0.6) is 0 Å². The maximum atomic E-state index is 12.7. The summed E-state index contributed by atoms with van der Waals surface area (Å²) in [5.41, 5.74) is -0.0394. The lowest BCUT2D eigenvalue weighted by Gasteiger charge is -2.36. The van der Waals surface area contributed by atoms with Gasteiger partial charge in [0.05, 0.1) is 17.3 Å². The van der Waals surface area contributed by atoms with E-state index in [1.165, 1.54) is 13.0 Å². The normalized spacial score (nSPS) is 20.1. The minimum Gasteiger partial charge on any atom is -0.361 e. The van der Waals surface area contributed by atoms with Gasteiger partial charge in [0.2, 0.25) is 0 Å². The minimum atomic E-state index is -4.36. The number of piperidine rings is 1. The van der Waals surface area contributed by atoms with Crippen LogP contribution in [0.4, 0.5) is 18.9 Å². The zero-order valence-electron chi connectivity index (χ0n) is 11.0. The van der Waals surface area contributed by atoms with E-state index in [1.807, 2.05) is 4.90 Å². The molecule has 0 radical (unpaired) electrons. The van der Waals surface area contributed by atoms with E-state index in [2.05, 4.69) is 15.9 Å². The Morgan fingerprint density at radius 1 is 1.35 bits per heavy atom. The number of anilines is 1. The highest BCUT2D eigenvalue weighted by Gasteiger charge is 2.32. The number of carbonyl (C=O) groups excluding carboxylic acids is 1. The number of alkyl halides is 3. The lowest BCUT2D eigenvalue weighted by Crippen LogP contribution is -2.44. The SMILES string of the molecule is CC(=O)C1CCCCN1c1ccc(C(F)(F)F)cc1Br. The molecule has 1 aliphatic rings. The largest absolute Gasteiger partial charge is 0.416 e. The highest BCUT2D eigenvalue weighted by molar-refractivity contribution is 9.10. The van der Waals surface area contributed by atoms with Gasteiger partial charge in [-0.15, -0.1) is 0 Å². The number of hydrogen-bond donors (Lipinski definition) is 0. The lowest BCUT2D eigenvalue weighted by molar-refractivity contribution is -0.137. The summed E-state index contributed by atoms with van der Waals surface area (Å²) < 4.78 is 38.3. The van der Waals surface area contributed by atoms with Crippen molar-refractivity contribution in [3.05, 3.63) is 28.2 Å². The van der Waals surface area contributed by atoms with E-state index in [9.17, 15) is 18.0 Å². The van der Waals surface area contributed by atoms with Gasteiger partial charge in [-0.1, -0.05) is 0 Å². The summed E-state index contributed by atoms with van der Waals surface area (Å²) in [6.07, 6.45) is -1.69. The standard InChI is InChI=1S/C14H15BrF3NO/c1-9(20)12-4-2-3-7-19(12)13-6-5-10(8-11(13)15)14(16,17)18/h5-6,8,12H,2-4,7H2,1H3. The van der Waals surface area contributed by atoms with Gasteiger partial charge in [-0.05, 0) is 60.3 Å². The fourth-order valence-electron chi connectivity index (χ4n) is 2.56. The van der Waals surface area contributed by atoms with Gasteiger partial charge in [-0.3, -0.25) is 4.79 Å². The summed E-state index contributed by atoms with van der Waals surface area (Å²) >= 11 is 3.20. The summed E-state index contributed by atoms with van der Waals surface area (Å²) in [6.45, 7) is 2.22. The second kappa shape index (κ2) is 5.76. The number of benzene rings is 1. The van der Waals surface area contributed by atoms with Crippen molar-refractivity contribution >= 4 is 27.4 Å². The molecular formula is C14H15BrF3NO. The van der Waals surface area contributed by atoms with Gasteiger partial charge >= 0.3 is 6.18 Å². The fraction of sp³-hybridized carbons (Fsp3) is 0.500. The van der Waals surface area contributed by atoms with Crippen molar-refractivity contribution in [3.63, 3.8) is 0 Å². The third kappa shape index (κ3) is 3.16. The zero-order chi connectivity index (χ0) is 14.9. The van der Waals surface area contributed by atoms with Gasteiger partial charge in [0.25, 0.3) is 0 Å². The molecule has 0 aliphatic carbocycles. The Labute approximate surface area is 124 Å². The van der Waals surface area contributed by atoms with Crippen LogP contribution in [0.25, 0.3) is 0 Å². The molecule has 6 heteroatoms. The summed E-state index contributed by atoms with van der Waals surface area (Å²) in [5.74, 6) is 0.0523. The second-order valence-electron chi connectivity index (χ2n) is 4.98. The smallest absolute Gasteiger partial charge is 0.361 e. The summed E-state index contributed by atoms with van der Waals surface area (Å²) in [5, 5.41) is 0. The van der Waals surface area contributed by atoms with E-state index in [1.54, 1.807) is 0 Å². The molecule has 2 rings (SSSR count). The van der Waals surface area contributed by atoms with Crippen molar-refractivity contribution in [2.45, 2.75) is 38.4 Å². The summed E-state index contributed by atoms with van der Waals surface area (Å²) in [6, 6.07) is 3.33. The van der Waals surface area contributed by atoms with E-state index < -0.39 is 11.7 Å². The molecule has 1 heterocycles. The quantitative estimate of drug-likeness (QED) is 0.787. The Kier molecular flexibility index (Phi) is 4.42. The van der Waals surface area contributed by atoms with Gasteiger partial charge in [0.15, 0.2) is 5.78 Å². The van der Waals surface area contributed by atoms with Crippen LogP contribution in [0, 0.1) is 0 Å². The molecule has 1 saturated heterocycles. The number of Topliss-reactive ketones (excluding diaryl/α,β-unsaturated/α-hetero) is 1. The van der Waals surface area contributed by atoms with Crippen molar-refractivity contribution in [2.24, 2.45) is 0 Å². The number of hydrogen-bond acceptors (Lipinski definition) is 2. The number of ketones is 1. The van der Waals surface area contributed by atoms with E-state index >= 15 is 0 Å². The minimum absolute atomic E-state index is 0.0523. The molecule has 1 aromatic rings. The number of halogens is 4. The Morgan fingerprint density at radius 2 is 2.05 bits per heavy atom. The third-order valence-corrected chi connectivity index (χ3v) is 4.19. The summed E-state index contributed by atoms with van der Waals surface area (Å²) in [7, 11) is 0. The van der Waals surface area contributed by atoms with Crippen molar-refractivity contribution in [3.8, 4) is 0 Å². The van der Waals surface area contributed by atoms with Gasteiger partial charge < -0.3 is 4.90 Å². The molecule has 1 unspecified atom stereocenters. The first kappa shape index (κ1) is 15.4. The Morgan fingerprint density at radius 3 is 2.60 bits per heavy atom. The first-order valence-electron chi connectivity index (χ1n) is 6.44. The van der Waals surface area contributed by atoms with Crippen LogP contribution in [0.2, 0.25) is 0 Å². The molecule has 0 bridgehead atoms. The first-order valence-corrected chi connectivity index (χ1v) is 7.24. The van der Waals surface area contributed by atoms with Crippen LogP contribution < -0.4 is 4.90 Å². The highest BCUT2D eigenvalue weighted by Crippen LogP contribution is 2.37. The monoisotopic (exact) mass is 349 g/mol. The van der Waals surface area contributed by atoms with Crippen molar-refractivity contribution in [2.75, 3.05) is 11.4 Å². The van der Waals surface area contributed by atoms with Crippen molar-refractivity contribution in [1.82, 2.24) is 0 Å². The molecule has 0 amide bonds. The molecule has 2 nitrogen and oxygen atoms in total. The maximum Gasteiger partial charge on any atom is 0.416 e. The Bertz CT molecular complexity index is 516. The van der Waals surface area contributed by atoms with Crippen molar-refractivity contribution in [1.29, 1.82) is 0 Å². The predicted octanol–water partition coefficient (Wildman–Crippen LogP) is 4.42. The molecule has 0 spiro atoms. The van der Waals surface area contributed by atoms with E-state index in [-0.39, 0.29) is 11.8 Å². The van der Waals surface area contributed by atoms with Gasteiger partial charge in [-0.2, -0.15) is 13.2 Å². The molecule has 1 atom stereocenters. The van der Waals surface area contributed by atoms with Crippen LogP contribution in [-0.2, 0) is 11.0 Å². The average molecular weight is 350 g/mol. The molecule has 0 saturated carbocycles. The maximum absolute atomic E-state index is 12.7. The molecule has 1 fully saturated rings. The fourth-order valence-corrected chi connectivity index (χ4v) is 3.17.